The molecule has 1 aromatic heterocycles. The number of hydrogen-bond donors (Lipinski definition) is 1. The van der Waals surface area contributed by atoms with Crippen LogP contribution in [0.25, 0.3) is 5.57 Å². The van der Waals surface area contributed by atoms with Gasteiger partial charge in [-0.1, -0.05) is 18.2 Å². The van der Waals surface area contributed by atoms with Gasteiger partial charge in [-0.15, -0.1) is 0 Å². The number of hydrogen-bond acceptors (Lipinski definition) is 7. The van der Waals surface area contributed by atoms with Crippen LogP contribution in [0, 0.1) is 5.92 Å². The molecule has 156 valence electrons. The fraction of sp³-hybridized carbons (Fsp3) is 0.364. The Morgan fingerprint density at radius 2 is 2.10 bits per heavy atom. The first-order valence-corrected chi connectivity index (χ1v) is 9.98. The Morgan fingerprint density at radius 3 is 2.80 bits per heavy atom. The third-order valence-corrected chi connectivity index (χ3v) is 5.61. The number of nitrogens with zero attached hydrogens (tertiary/aromatic N) is 3. The van der Waals surface area contributed by atoms with Crippen molar-refractivity contribution in [3.05, 3.63) is 47.8 Å². The van der Waals surface area contributed by atoms with E-state index in [1.165, 1.54) is 19.0 Å². The largest absolute Gasteiger partial charge is 0.475 e. The second-order valence-electron chi connectivity index (χ2n) is 7.44. The van der Waals surface area contributed by atoms with Crippen LogP contribution < -0.4 is 15.4 Å². The highest BCUT2D eigenvalue weighted by atomic mass is 16.5. The van der Waals surface area contributed by atoms with E-state index >= 15 is 0 Å². The topological polar surface area (TPSA) is 108 Å². The van der Waals surface area contributed by atoms with E-state index in [9.17, 15) is 9.59 Å². The average Bonchev–Trinajstić information content (AvgIpc) is 2.94. The lowest BCUT2D eigenvalue weighted by Gasteiger charge is -2.23. The van der Waals surface area contributed by atoms with Crippen LogP contribution in [0.4, 0.5) is 11.5 Å². The van der Waals surface area contributed by atoms with Gasteiger partial charge in [0.1, 0.15) is 24.3 Å². The minimum absolute atomic E-state index is 0.113. The zero-order chi connectivity index (χ0) is 21.1. The van der Waals surface area contributed by atoms with Crippen LogP contribution in [0.5, 0.6) is 5.88 Å². The van der Waals surface area contributed by atoms with Gasteiger partial charge in [-0.25, -0.2) is 9.97 Å². The van der Waals surface area contributed by atoms with Crippen molar-refractivity contribution in [3.8, 4) is 5.88 Å². The number of esters is 1. The summed E-state index contributed by atoms with van der Waals surface area (Å²) in [5, 5.41) is 0. The molecule has 8 nitrogen and oxygen atoms in total. The zero-order valence-electron chi connectivity index (χ0n) is 16.8. The van der Waals surface area contributed by atoms with Gasteiger partial charge in [-0.3, -0.25) is 9.59 Å². The van der Waals surface area contributed by atoms with Crippen molar-refractivity contribution < 1.29 is 19.1 Å². The van der Waals surface area contributed by atoms with Crippen molar-refractivity contribution in [1.29, 1.82) is 0 Å². The van der Waals surface area contributed by atoms with Crippen molar-refractivity contribution in [2.45, 2.75) is 25.7 Å². The number of nitrogens with two attached hydrogens (primary N) is 1. The summed E-state index contributed by atoms with van der Waals surface area (Å²) >= 11 is 0. The summed E-state index contributed by atoms with van der Waals surface area (Å²) in [5.41, 5.74) is 9.25. The molecule has 30 heavy (non-hydrogen) atoms. The number of methoxy groups -OCH3 is 1. The maximum absolute atomic E-state index is 13.0. The molecule has 0 saturated carbocycles. The molecule has 0 fully saturated rings. The highest BCUT2D eigenvalue weighted by Gasteiger charge is 2.28. The molecule has 2 heterocycles. The zero-order valence-corrected chi connectivity index (χ0v) is 16.8. The SMILES string of the molecule is COC(=O)CC1CC=C(c2ccc(N3CCOc4ncnc(N)c4C3=O)cc2)CC1. The maximum atomic E-state index is 13.0. The van der Waals surface area contributed by atoms with E-state index in [0.29, 0.717) is 25.5 Å². The predicted molar refractivity (Wildman–Crippen MR) is 112 cm³/mol. The van der Waals surface area contributed by atoms with E-state index in [-0.39, 0.29) is 29.1 Å². The molecule has 0 bridgehead atoms. The van der Waals surface area contributed by atoms with E-state index in [1.807, 2.05) is 24.3 Å². The van der Waals surface area contributed by atoms with E-state index in [4.69, 9.17) is 15.2 Å². The molecule has 4 rings (SSSR count). The molecule has 1 unspecified atom stereocenters. The molecule has 1 atom stereocenters. The van der Waals surface area contributed by atoms with Crippen molar-refractivity contribution in [2.24, 2.45) is 5.92 Å². The second-order valence-corrected chi connectivity index (χ2v) is 7.44. The summed E-state index contributed by atoms with van der Waals surface area (Å²) in [6.45, 7) is 0.718. The van der Waals surface area contributed by atoms with Gasteiger partial charge in [0.25, 0.3) is 5.91 Å². The quantitative estimate of drug-likeness (QED) is 0.775. The highest BCUT2D eigenvalue weighted by molar-refractivity contribution is 6.10. The average molecular weight is 408 g/mol. The maximum Gasteiger partial charge on any atom is 0.305 e. The molecule has 1 amide bonds. The second kappa shape index (κ2) is 8.52. The van der Waals surface area contributed by atoms with E-state index in [0.717, 1.165) is 30.5 Å². The Bertz CT molecular complexity index is 987. The number of benzene rings is 1. The number of anilines is 2. The van der Waals surface area contributed by atoms with Gasteiger partial charge in [-0.2, -0.15) is 0 Å². The molecule has 2 aromatic rings. The first-order chi connectivity index (χ1) is 14.6. The fourth-order valence-corrected chi connectivity index (χ4v) is 3.92. The third-order valence-electron chi connectivity index (χ3n) is 5.61. The van der Waals surface area contributed by atoms with Gasteiger partial charge in [0, 0.05) is 12.1 Å². The minimum atomic E-state index is -0.268. The Labute approximate surface area is 174 Å². The number of ether oxygens (including phenoxy) is 2. The molecule has 1 aliphatic carbocycles. The molecule has 0 saturated heterocycles. The number of carbonyl (C=O) groups is 2. The Hall–Kier alpha value is -3.42. The molecule has 2 N–H and O–H groups in total. The smallest absolute Gasteiger partial charge is 0.305 e. The Kier molecular flexibility index (Phi) is 5.65. The van der Waals surface area contributed by atoms with Crippen LogP contribution in [0.2, 0.25) is 0 Å². The summed E-state index contributed by atoms with van der Waals surface area (Å²) in [5.74, 6) is 0.251. The Balaban J connectivity index is 1.50. The summed E-state index contributed by atoms with van der Waals surface area (Å²) in [4.78, 5) is 34.1. The normalized spacial score (nSPS) is 18.7. The minimum Gasteiger partial charge on any atom is -0.475 e. The Morgan fingerprint density at radius 1 is 1.30 bits per heavy atom. The van der Waals surface area contributed by atoms with Crippen LogP contribution in [-0.2, 0) is 9.53 Å². The number of allylic oxidation sites excluding steroid dienone is 2. The van der Waals surface area contributed by atoms with Crippen molar-refractivity contribution in [3.63, 3.8) is 0 Å². The number of carbonyl (C=O) groups excluding carboxylic acids is 2. The summed E-state index contributed by atoms with van der Waals surface area (Å²) < 4.78 is 10.3. The van der Waals surface area contributed by atoms with E-state index in [2.05, 4.69) is 16.0 Å². The summed E-state index contributed by atoms with van der Waals surface area (Å²) in [6.07, 6.45) is 6.70. The van der Waals surface area contributed by atoms with Gasteiger partial charge in [-0.05, 0) is 48.4 Å². The molecule has 2 aliphatic rings. The number of amides is 1. The van der Waals surface area contributed by atoms with Gasteiger partial charge in [0.05, 0.1) is 13.7 Å². The van der Waals surface area contributed by atoms with Crippen LogP contribution in [0.15, 0.2) is 36.7 Å². The molecule has 8 heteroatoms. The summed E-state index contributed by atoms with van der Waals surface area (Å²) in [7, 11) is 1.43. The van der Waals surface area contributed by atoms with Gasteiger partial charge < -0.3 is 20.1 Å². The standard InChI is InChI=1S/C22H24N4O4/c1-29-18(27)12-14-2-4-15(5-3-14)16-6-8-17(9-7-16)26-10-11-30-21-19(22(26)28)20(23)24-13-25-21/h4,6-9,13-14H,2-3,5,10-12H2,1H3,(H2,23,24,25). The van der Waals surface area contributed by atoms with Crippen molar-refractivity contribution in [1.82, 2.24) is 9.97 Å². The number of rotatable bonds is 4. The fourth-order valence-electron chi connectivity index (χ4n) is 3.92. The van der Waals surface area contributed by atoms with E-state index in [1.54, 1.807) is 4.90 Å². The van der Waals surface area contributed by atoms with Crippen molar-refractivity contribution in [2.75, 3.05) is 30.9 Å². The molecular weight excluding hydrogens is 384 g/mol. The van der Waals surface area contributed by atoms with Gasteiger partial charge >= 0.3 is 5.97 Å². The van der Waals surface area contributed by atoms with Crippen LogP contribution in [0.1, 0.15) is 41.6 Å². The molecule has 1 aliphatic heterocycles. The van der Waals surface area contributed by atoms with Crippen molar-refractivity contribution >= 4 is 29.0 Å². The van der Waals surface area contributed by atoms with Gasteiger partial charge in [0.2, 0.25) is 5.88 Å². The number of nitrogen functional groups attached to an aromatic ring is 1. The lowest BCUT2D eigenvalue weighted by atomic mass is 9.85. The van der Waals surface area contributed by atoms with Crippen LogP contribution in [-0.4, -0.2) is 42.1 Å². The van der Waals surface area contributed by atoms with Gasteiger partial charge in [0.15, 0.2) is 0 Å². The molecule has 0 spiro atoms. The van der Waals surface area contributed by atoms with Crippen LogP contribution in [0.3, 0.4) is 0 Å². The summed E-state index contributed by atoms with van der Waals surface area (Å²) in [6, 6.07) is 7.90. The van der Waals surface area contributed by atoms with Crippen LogP contribution >= 0.6 is 0 Å². The first kappa shape index (κ1) is 19.9. The number of aromatic nitrogens is 2. The lowest BCUT2D eigenvalue weighted by Crippen LogP contribution is -2.32. The molecule has 0 radical (unpaired) electrons. The molecule has 1 aromatic carbocycles. The predicted octanol–water partition coefficient (Wildman–Crippen LogP) is 2.84. The first-order valence-electron chi connectivity index (χ1n) is 9.98. The molecular formula is C22H24N4O4. The lowest BCUT2D eigenvalue weighted by molar-refractivity contribution is -0.141. The highest BCUT2D eigenvalue weighted by Crippen LogP contribution is 2.33. The number of fused-ring (bicyclic) bond motifs is 1. The monoisotopic (exact) mass is 408 g/mol. The van der Waals surface area contributed by atoms with E-state index < -0.39 is 0 Å². The third kappa shape index (κ3) is 3.98.